The van der Waals surface area contributed by atoms with Gasteiger partial charge in [-0.15, -0.1) is 11.3 Å². The number of hydrogen-bond acceptors (Lipinski definition) is 5. The number of piperazine rings is 1. The van der Waals surface area contributed by atoms with Crippen LogP contribution < -0.4 is 10.1 Å². The Hall–Kier alpha value is -2.90. The van der Waals surface area contributed by atoms with Crippen LogP contribution in [0.2, 0.25) is 0 Å². The maximum Gasteiger partial charge on any atom is 0.321 e. The number of hydrogen-bond donors (Lipinski definition) is 1. The molecule has 0 atom stereocenters. The van der Waals surface area contributed by atoms with Crippen LogP contribution in [0.25, 0.3) is 11.3 Å². The average Bonchev–Trinajstić information content (AvgIpc) is 3.24. The largest absolute Gasteiger partial charge is 0.497 e. The number of aryl methyl sites for hydroxylation is 1. The van der Waals surface area contributed by atoms with Crippen molar-refractivity contribution in [3.05, 3.63) is 64.5 Å². The summed E-state index contributed by atoms with van der Waals surface area (Å²) in [5, 5.41) is 6.16. The minimum absolute atomic E-state index is 0.0342. The molecule has 156 valence electrons. The number of rotatable bonds is 5. The summed E-state index contributed by atoms with van der Waals surface area (Å²) in [4.78, 5) is 21.5. The number of carbonyl (C=O) groups excluding carboxylic acids is 1. The summed E-state index contributed by atoms with van der Waals surface area (Å²) in [5.41, 5.74) is 4.05. The van der Waals surface area contributed by atoms with Gasteiger partial charge in [0.15, 0.2) is 0 Å². The van der Waals surface area contributed by atoms with Crippen molar-refractivity contribution in [3.8, 4) is 17.0 Å². The minimum atomic E-state index is -0.0342. The topological polar surface area (TPSA) is 57.7 Å². The smallest absolute Gasteiger partial charge is 0.321 e. The van der Waals surface area contributed by atoms with Gasteiger partial charge in [-0.05, 0) is 31.2 Å². The Morgan fingerprint density at radius 2 is 1.90 bits per heavy atom. The fourth-order valence-corrected chi connectivity index (χ4v) is 4.28. The molecule has 2 heterocycles. The minimum Gasteiger partial charge on any atom is -0.497 e. The van der Waals surface area contributed by atoms with Gasteiger partial charge < -0.3 is 15.0 Å². The summed E-state index contributed by atoms with van der Waals surface area (Å²) < 4.78 is 5.31. The van der Waals surface area contributed by atoms with Crippen LogP contribution in [0.15, 0.2) is 53.9 Å². The number of nitrogens with one attached hydrogen (secondary N) is 1. The lowest BCUT2D eigenvalue weighted by Gasteiger charge is -2.34. The molecular formula is C23H26N4O2S. The van der Waals surface area contributed by atoms with Crippen LogP contribution >= 0.6 is 11.3 Å². The van der Waals surface area contributed by atoms with Crippen molar-refractivity contribution in [2.24, 2.45) is 0 Å². The van der Waals surface area contributed by atoms with Gasteiger partial charge in [-0.1, -0.05) is 29.8 Å². The van der Waals surface area contributed by atoms with Crippen LogP contribution in [0.3, 0.4) is 0 Å². The lowest BCUT2D eigenvalue weighted by Crippen LogP contribution is -2.49. The first-order valence-corrected chi connectivity index (χ1v) is 10.9. The molecule has 1 N–H and O–H groups in total. The summed E-state index contributed by atoms with van der Waals surface area (Å²) in [5.74, 6) is 0.835. The SMILES string of the molecule is COc1cccc(-c2csc(CN3CCN(C(=O)Nc4ccc(C)cc4)CC3)n2)c1. The van der Waals surface area contributed by atoms with E-state index in [0.717, 1.165) is 47.3 Å². The van der Waals surface area contributed by atoms with E-state index < -0.39 is 0 Å². The summed E-state index contributed by atoms with van der Waals surface area (Å²) in [6.45, 7) is 5.96. The normalized spacial score (nSPS) is 14.5. The van der Waals surface area contributed by atoms with Gasteiger partial charge in [-0.2, -0.15) is 0 Å². The van der Waals surface area contributed by atoms with Crippen molar-refractivity contribution in [3.63, 3.8) is 0 Å². The number of aromatic nitrogens is 1. The first-order chi connectivity index (χ1) is 14.6. The quantitative estimate of drug-likeness (QED) is 0.659. The van der Waals surface area contributed by atoms with Crippen molar-refractivity contribution in [2.45, 2.75) is 13.5 Å². The lowest BCUT2D eigenvalue weighted by atomic mass is 10.2. The van der Waals surface area contributed by atoms with Crippen LogP contribution in [0.5, 0.6) is 5.75 Å². The molecular weight excluding hydrogens is 396 g/mol. The standard InChI is InChI=1S/C23H26N4O2S/c1-17-6-8-19(9-7-17)24-23(28)27-12-10-26(11-13-27)15-22-25-21(16-30-22)18-4-3-5-20(14-18)29-2/h3-9,14,16H,10-13,15H2,1-2H3,(H,24,28). The number of thiazole rings is 1. The summed E-state index contributed by atoms with van der Waals surface area (Å²) in [7, 11) is 1.67. The van der Waals surface area contributed by atoms with Crippen molar-refractivity contribution in [2.75, 3.05) is 38.6 Å². The summed E-state index contributed by atoms with van der Waals surface area (Å²) >= 11 is 1.68. The highest BCUT2D eigenvalue weighted by atomic mass is 32.1. The van der Waals surface area contributed by atoms with Crippen LogP contribution in [-0.4, -0.2) is 54.1 Å². The van der Waals surface area contributed by atoms with Gasteiger partial charge >= 0.3 is 6.03 Å². The Bertz CT molecular complexity index is 994. The number of methoxy groups -OCH3 is 1. The van der Waals surface area contributed by atoms with Gasteiger partial charge in [0.05, 0.1) is 19.3 Å². The van der Waals surface area contributed by atoms with E-state index in [2.05, 4.69) is 15.6 Å². The third-order valence-electron chi connectivity index (χ3n) is 5.24. The molecule has 0 saturated carbocycles. The molecule has 0 bridgehead atoms. The van der Waals surface area contributed by atoms with E-state index in [9.17, 15) is 4.79 Å². The third kappa shape index (κ3) is 4.98. The van der Waals surface area contributed by atoms with Crippen molar-refractivity contribution < 1.29 is 9.53 Å². The van der Waals surface area contributed by atoms with Crippen molar-refractivity contribution in [1.82, 2.24) is 14.8 Å². The van der Waals surface area contributed by atoms with E-state index in [0.29, 0.717) is 13.1 Å². The van der Waals surface area contributed by atoms with Gasteiger partial charge in [0.2, 0.25) is 0 Å². The predicted molar refractivity (Wildman–Crippen MR) is 121 cm³/mol. The van der Waals surface area contributed by atoms with Crippen molar-refractivity contribution in [1.29, 1.82) is 0 Å². The molecule has 1 fully saturated rings. The number of urea groups is 1. The number of carbonyl (C=O) groups is 1. The Morgan fingerprint density at radius 3 is 2.63 bits per heavy atom. The molecule has 0 aliphatic carbocycles. The molecule has 2 aromatic carbocycles. The number of benzene rings is 2. The van der Waals surface area contributed by atoms with Crippen LogP contribution in [0.4, 0.5) is 10.5 Å². The molecule has 0 unspecified atom stereocenters. The highest BCUT2D eigenvalue weighted by Crippen LogP contribution is 2.26. The monoisotopic (exact) mass is 422 g/mol. The Labute approximate surface area is 181 Å². The van der Waals surface area contributed by atoms with Crippen molar-refractivity contribution >= 4 is 23.1 Å². The molecule has 0 radical (unpaired) electrons. The average molecular weight is 423 g/mol. The second-order valence-electron chi connectivity index (χ2n) is 7.42. The van der Waals surface area contributed by atoms with E-state index in [1.165, 1.54) is 5.56 Å². The molecule has 7 heteroatoms. The fourth-order valence-electron chi connectivity index (χ4n) is 3.44. The van der Waals surface area contributed by atoms with Gasteiger partial charge in [0.1, 0.15) is 10.8 Å². The molecule has 30 heavy (non-hydrogen) atoms. The second kappa shape index (κ2) is 9.28. The Morgan fingerprint density at radius 1 is 1.13 bits per heavy atom. The highest BCUT2D eigenvalue weighted by Gasteiger charge is 2.22. The number of amides is 2. The van der Waals surface area contributed by atoms with Crippen LogP contribution in [0, 0.1) is 6.92 Å². The summed E-state index contributed by atoms with van der Waals surface area (Å²) in [6.07, 6.45) is 0. The predicted octanol–water partition coefficient (Wildman–Crippen LogP) is 4.48. The van der Waals surface area contributed by atoms with Gasteiger partial charge in [-0.3, -0.25) is 4.90 Å². The van der Waals surface area contributed by atoms with Gasteiger partial charge in [0.25, 0.3) is 0 Å². The molecule has 4 rings (SSSR count). The van der Waals surface area contributed by atoms with Crippen LogP contribution in [0.1, 0.15) is 10.6 Å². The Balaban J connectivity index is 1.29. The molecule has 6 nitrogen and oxygen atoms in total. The fraction of sp³-hybridized carbons (Fsp3) is 0.304. The second-order valence-corrected chi connectivity index (χ2v) is 8.36. The van der Waals surface area contributed by atoms with Crippen LogP contribution in [-0.2, 0) is 6.54 Å². The molecule has 3 aromatic rings. The lowest BCUT2D eigenvalue weighted by molar-refractivity contribution is 0.143. The van der Waals surface area contributed by atoms with E-state index in [1.807, 2.05) is 60.4 Å². The molecule has 2 amide bonds. The molecule has 1 aliphatic rings. The summed E-state index contributed by atoms with van der Waals surface area (Å²) in [6, 6.07) is 15.8. The maximum absolute atomic E-state index is 12.5. The molecule has 1 aromatic heterocycles. The Kier molecular flexibility index (Phi) is 6.30. The highest BCUT2D eigenvalue weighted by molar-refractivity contribution is 7.09. The molecule has 1 saturated heterocycles. The zero-order chi connectivity index (χ0) is 20.9. The maximum atomic E-state index is 12.5. The van der Waals surface area contributed by atoms with Gasteiger partial charge in [-0.25, -0.2) is 9.78 Å². The molecule has 1 aliphatic heterocycles. The van der Waals surface area contributed by atoms with E-state index >= 15 is 0 Å². The zero-order valence-electron chi connectivity index (χ0n) is 17.3. The first-order valence-electron chi connectivity index (χ1n) is 10.0. The van der Waals surface area contributed by atoms with E-state index in [1.54, 1.807) is 18.4 Å². The molecule has 0 spiro atoms. The third-order valence-corrected chi connectivity index (χ3v) is 6.07. The number of nitrogens with zero attached hydrogens (tertiary/aromatic N) is 3. The number of ether oxygens (including phenoxy) is 1. The first kappa shape index (κ1) is 20.4. The van der Waals surface area contributed by atoms with Gasteiger partial charge in [0, 0.05) is 42.8 Å². The number of anilines is 1. The van der Waals surface area contributed by atoms with E-state index in [4.69, 9.17) is 9.72 Å². The zero-order valence-corrected chi connectivity index (χ0v) is 18.1. The van der Waals surface area contributed by atoms with E-state index in [-0.39, 0.29) is 6.03 Å².